The Bertz CT molecular complexity index is 746. The van der Waals surface area contributed by atoms with E-state index in [-0.39, 0.29) is 11.4 Å². The number of rotatable bonds is 4. The second-order valence-electron chi connectivity index (χ2n) is 6.78. The van der Waals surface area contributed by atoms with Crippen LogP contribution in [0.4, 0.5) is 10.5 Å². The maximum Gasteiger partial charge on any atom is 0.319 e. The van der Waals surface area contributed by atoms with E-state index in [1.165, 1.54) is 0 Å². The molecule has 1 aromatic heterocycles. The predicted molar refractivity (Wildman–Crippen MR) is 93.3 cm³/mol. The first-order valence-corrected chi connectivity index (χ1v) is 7.94. The van der Waals surface area contributed by atoms with Gasteiger partial charge in [-0.1, -0.05) is 5.16 Å². The highest BCUT2D eigenvalue weighted by atomic mass is 16.5. The van der Waals surface area contributed by atoms with Crippen LogP contribution in [-0.2, 0) is 0 Å². The van der Waals surface area contributed by atoms with Crippen molar-refractivity contribution < 1.29 is 14.1 Å². The molecule has 0 radical (unpaired) electrons. The molecule has 0 fully saturated rings. The van der Waals surface area contributed by atoms with Gasteiger partial charge in [0, 0.05) is 16.8 Å². The molecular weight excluding hydrogens is 322 g/mol. The number of carbonyl (C=O) groups is 2. The Morgan fingerprint density at radius 3 is 2.32 bits per heavy atom. The Morgan fingerprint density at radius 1 is 1.16 bits per heavy atom. The monoisotopic (exact) mass is 345 g/mol. The molecule has 0 bridgehead atoms. The van der Waals surface area contributed by atoms with Crippen LogP contribution < -0.4 is 16.0 Å². The SMILES string of the molecule is Cc1noc([C@H](C)NC(=O)Nc2ccc(C(=O)NC(C)(C)C)cc2)n1. The fraction of sp³-hybridized carbons (Fsp3) is 0.412. The highest BCUT2D eigenvalue weighted by molar-refractivity contribution is 5.95. The van der Waals surface area contributed by atoms with Gasteiger partial charge in [-0.05, 0) is 58.9 Å². The summed E-state index contributed by atoms with van der Waals surface area (Å²) in [6.45, 7) is 9.19. The molecule has 0 spiro atoms. The van der Waals surface area contributed by atoms with Crippen LogP contribution in [0.15, 0.2) is 28.8 Å². The van der Waals surface area contributed by atoms with Gasteiger partial charge in [0.05, 0.1) is 0 Å². The van der Waals surface area contributed by atoms with Crippen molar-refractivity contribution in [3.63, 3.8) is 0 Å². The van der Waals surface area contributed by atoms with Gasteiger partial charge in [0.25, 0.3) is 5.91 Å². The Hall–Kier alpha value is -2.90. The molecule has 0 aliphatic rings. The molecule has 25 heavy (non-hydrogen) atoms. The molecule has 8 nitrogen and oxygen atoms in total. The van der Waals surface area contributed by atoms with Gasteiger partial charge < -0.3 is 20.5 Å². The van der Waals surface area contributed by atoms with Crippen LogP contribution in [0.25, 0.3) is 0 Å². The van der Waals surface area contributed by atoms with E-state index in [1.807, 2.05) is 20.8 Å². The van der Waals surface area contributed by atoms with Crippen molar-refractivity contribution in [1.29, 1.82) is 0 Å². The smallest absolute Gasteiger partial charge is 0.319 e. The minimum Gasteiger partial charge on any atom is -0.347 e. The van der Waals surface area contributed by atoms with E-state index in [4.69, 9.17) is 4.52 Å². The van der Waals surface area contributed by atoms with Gasteiger partial charge in [0.2, 0.25) is 5.89 Å². The van der Waals surface area contributed by atoms with Gasteiger partial charge in [-0.3, -0.25) is 4.79 Å². The summed E-state index contributed by atoms with van der Waals surface area (Å²) in [6, 6.07) is 5.81. The van der Waals surface area contributed by atoms with Crippen molar-refractivity contribution in [2.45, 2.75) is 46.2 Å². The van der Waals surface area contributed by atoms with E-state index in [2.05, 4.69) is 26.1 Å². The molecule has 3 amide bonds. The quantitative estimate of drug-likeness (QED) is 0.789. The third-order valence-electron chi connectivity index (χ3n) is 3.15. The van der Waals surface area contributed by atoms with Crippen molar-refractivity contribution in [3.8, 4) is 0 Å². The molecule has 1 atom stereocenters. The van der Waals surface area contributed by atoms with Crippen molar-refractivity contribution in [1.82, 2.24) is 20.8 Å². The van der Waals surface area contributed by atoms with Crippen LogP contribution in [0, 0.1) is 6.92 Å². The number of benzene rings is 1. The Balaban J connectivity index is 1.92. The molecule has 2 aromatic rings. The fourth-order valence-electron chi connectivity index (χ4n) is 2.03. The molecule has 3 N–H and O–H groups in total. The van der Waals surface area contributed by atoms with E-state index in [0.29, 0.717) is 23.0 Å². The number of anilines is 1. The van der Waals surface area contributed by atoms with E-state index in [9.17, 15) is 9.59 Å². The standard InChI is InChI=1S/C17H23N5O3/c1-10(15-19-11(2)22-25-15)18-16(24)20-13-8-6-12(7-9-13)14(23)21-17(3,4)5/h6-10H,1-5H3,(H,21,23)(H2,18,20,24)/t10-/m0/s1. The molecule has 0 saturated carbocycles. The third-order valence-corrected chi connectivity index (χ3v) is 3.15. The van der Waals surface area contributed by atoms with Gasteiger partial charge in [0.1, 0.15) is 6.04 Å². The number of hydrogen-bond acceptors (Lipinski definition) is 5. The zero-order chi connectivity index (χ0) is 18.6. The number of amides is 3. The van der Waals surface area contributed by atoms with Gasteiger partial charge in [0.15, 0.2) is 5.82 Å². The summed E-state index contributed by atoms with van der Waals surface area (Å²) in [6.07, 6.45) is 0. The lowest BCUT2D eigenvalue weighted by Crippen LogP contribution is -2.40. The van der Waals surface area contributed by atoms with Gasteiger partial charge in [-0.2, -0.15) is 4.98 Å². The zero-order valence-corrected chi connectivity index (χ0v) is 15.0. The zero-order valence-electron chi connectivity index (χ0n) is 15.0. The Kier molecular flexibility index (Phi) is 5.41. The molecule has 2 rings (SSSR count). The largest absolute Gasteiger partial charge is 0.347 e. The lowest BCUT2D eigenvalue weighted by Gasteiger charge is -2.20. The molecule has 134 valence electrons. The van der Waals surface area contributed by atoms with Crippen molar-refractivity contribution in [2.75, 3.05) is 5.32 Å². The first-order valence-electron chi connectivity index (χ1n) is 7.94. The molecule has 0 aliphatic carbocycles. The normalized spacial score (nSPS) is 12.4. The average molecular weight is 345 g/mol. The molecule has 0 saturated heterocycles. The number of nitrogens with zero attached hydrogens (tertiary/aromatic N) is 2. The number of aromatic nitrogens is 2. The van der Waals surface area contributed by atoms with Gasteiger partial charge >= 0.3 is 6.03 Å². The third kappa shape index (κ3) is 5.59. The lowest BCUT2D eigenvalue weighted by molar-refractivity contribution is 0.0919. The molecular formula is C17H23N5O3. The van der Waals surface area contributed by atoms with Crippen LogP contribution in [0.3, 0.4) is 0 Å². The summed E-state index contributed by atoms with van der Waals surface area (Å²) in [5.74, 6) is 0.680. The number of urea groups is 1. The summed E-state index contributed by atoms with van der Waals surface area (Å²) in [5, 5.41) is 12.0. The summed E-state index contributed by atoms with van der Waals surface area (Å²) in [7, 11) is 0. The molecule has 1 aromatic carbocycles. The first kappa shape index (κ1) is 18.4. The van der Waals surface area contributed by atoms with E-state index in [1.54, 1.807) is 38.1 Å². The van der Waals surface area contributed by atoms with Crippen molar-refractivity contribution in [3.05, 3.63) is 41.5 Å². The minimum atomic E-state index is -0.418. The summed E-state index contributed by atoms with van der Waals surface area (Å²) >= 11 is 0. The van der Waals surface area contributed by atoms with Crippen LogP contribution in [0.5, 0.6) is 0 Å². The van der Waals surface area contributed by atoms with Crippen LogP contribution >= 0.6 is 0 Å². The van der Waals surface area contributed by atoms with Crippen LogP contribution in [0.1, 0.15) is 55.8 Å². The fourth-order valence-corrected chi connectivity index (χ4v) is 2.03. The number of aryl methyl sites for hydroxylation is 1. The predicted octanol–water partition coefficient (Wildman–Crippen LogP) is 2.79. The number of hydrogen-bond donors (Lipinski definition) is 3. The molecule has 1 heterocycles. The number of nitrogens with one attached hydrogen (secondary N) is 3. The van der Waals surface area contributed by atoms with E-state index in [0.717, 1.165) is 0 Å². The second kappa shape index (κ2) is 7.33. The Labute approximate surface area is 146 Å². The highest BCUT2D eigenvalue weighted by Gasteiger charge is 2.17. The van der Waals surface area contributed by atoms with Gasteiger partial charge in [-0.15, -0.1) is 0 Å². The first-order chi connectivity index (χ1) is 11.6. The molecule has 0 aliphatic heterocycles. The maximum atomic E-state index is 12.1. The van der Waals surface area contributed by atoms with E-state index < -0.39 is 12.1 Å². The average Bonchev–Trinajstić information content (AvgIpc) is 2.92. The second-order valence-corrected chi connectivity index (χ2v) is 6.78. The van der Waals surface area contributed by atoms with Crippen molar-refractivity contribution in [2.24, 2.45) is 0 Å². The molecule has 0 unspecified atom stereocenters. The highest BCUT2D eigenvalue weighted by Crippen LogP contribution is 2.13. The Morgan fingerprint density at radius 2 is 1.80 bits per heavy atom. The lowest BCUT2D eigenvalue weighted by atomic mass is 10.1. The molecule has 8 heteroatoms. The van der Waals surface area contributed by atoms with Gasteiger partial charge in [-0.25, -0.2) is 4.79 Å². The van der Waals surface area contributed by atoms with Crippen LogP contribution in [-0.4, -0.2) is 27.6 Å². The summed E-state index contributed by atoms with van der Waals surface area (Å²) in [5.41, 5.74) is 0.784. The summed E-state index contributed by atoms with van der Waals surface area (Å²) < 4.78 is 5.01. The minimum absolute atomic E-state index is 0.163. The van der Waals surface area contributed by atoms with Crippen molar-refractivity contribution >= 4 is 17.6 Å². The van der Waals surface area contributed by atoms with Crippen LogP contribution in [0.2, 0.25) is 0 Å². The summed E-state index contributed by atoms with van der Waals surface area (Å²) in [4.78, 5) is 28.1. The maximum absolute atomic E-state index is 12.1. The topological polar surface area (TPSA) is 109 Å². The van der Waals surface area contributed by atoms with E-state index >= 15 is 0 Å². The number of carbonyl (C=O) groups excluding carboxylic acids is 2.